The van der Waals surface area contributed by atoms with Gasteiger partial charge in [0.25, 0.3) is 5.91 Å². The Morgan fingerprint density at radius 2 is 1.65 bits per heavy atom. The molecule has 114 valence electrons. The fourth-order valence-corrected chi connectivity index (χ4v) is 2.14. The number of anilines is 3. The van der Waals surface area contributed by atoms with Crippen LogP contribution in [-0.2, 0) is 0 Å². The third-order valence-corrected chi connectivity index (χ3v) is 3.26. The van der Waals surface area contributed by atoms with Crippen LogP contribution in [0, 0.1) is 0 Å². The van der Waals surface area contributed by atoms with Gasteiger partial charge in [-0.1, -0.05) is 35.9 Å². The van der Waals surface area contributed by atoms with Crippen LogP contribution in [0.1, 0.15) is 10.5 Å². The van der Waals surface area contributed by atoms with E-state index in [0.29, 0.717) is 16.5 Å². The first-order chi connectivity index (χ1) is 11.2. The third kappa shape index (κ3) is 4.05. The summed E-state index contributed by atoms with van der Waals surface area (Å²) in [6.45, 7) is 0. The van der Waals surface area contributed by atoms with Crippen molar-refractivity contribution in [2.75, 3.05) is 10.6 Å². The van der Waals surface area contributed by atoms with Crippen LogP contribution in [-0.4, -0.2) is 16.1 Å². The lowest BCUT2D eigenvalue weighted by atomic mass is 10.3. The van der Waals surface area contributed by atoms with E-state index >= 15 is 0 Å². The first-order valence-electron chi connectivity index (χ1n) is 6.93. The normalized spacial score (nSPS) is 10.1. The largest absolute Gasteiger partial charge is 0.339 e. The maximum Gasteiger partial charge on any atom is 0.276 e. The highest BCUT2D eigenvalue weighted by atomic mass is 35.5. The zero-order valence-corrected chi connectivity index (χ0v) is 12.8. The van der Waals surface area contributed by atoms with Crippen LogP contribution in [0.2, 0.25) is 5.02 Å². The van der Waals surface area contributed by atoms with Gasteiger partial charge in [0.2, 0.25) is 0 Å². The SMILES string of the molecule is O=C(Nc1ccccc1)c1ccc(Nc2cccc(Cl)c2)nn1. The number of nitrogens with zero attached hydrogens (tertiary/aromatic N) is 2. The van der Waals surface area contributed by atoms with E-state index in [1.165, 1.54) is 0 Å². The van der Waals surface area contributed by atoms with Crippen molar-refractivity contribution in [1.82, 2.24) is 10.2 Å². The van der Waals surface area contributed by atoms with Crippen LogP contribution in [0.25, 0.3) is 0 Å². The van der Waals surface area contributed by atoms with Gasteiger partial charge < -0.3 is 10.6 Å². The minimum atomic E-state index is -0.307. The predicted molar refractivity (Wildman–Crippen MR) is 91.2 cm³/mol. The van der Waals surface area contributed by atoms with Crippen molar-refractivity contribution in [1.29, 1.82) is 0 Å². The van der Waals surface area contributed by atoms with Crippen molar-refractivity contribution in [3.05, 3.63) is 77.4 Å². The van der Waals surface area contributed by atoms with Crippen LogP contribution < -0.4 is 10.6 Å². The van der Waals surface area contributed by atoms with Crippen molar-refractivity contribution in [3.63, 3.8) is 0 Å². The Hall–Kier alpha value is -2.92. The number of amides is 1. The van der Waals surface area contributed by atoms with Crippen LogP contribution >= 0.6 is 11.6 Å². The van der Waals surface area contributed by atoms with Crippen molar-refractivity contribution in [2.24, 2.45) is 0 Å². The number of halogens is 1. The zero-order chi connectivity index (χ0) is 16.1. The van der Waals surface area contributed by atoms with Crippen molar-refractivity contribution >= 4 is 34.7 Å². The summed E-state index contributed by atoms with van der Waals surface area (Å²) in [5.41, 5.74) is 1.75. The Balaban J connectivity index is 1.68. The van der Waals surface area contributed by atoms with E-state index in [1.54, 1.807) is 36.4 Å². The van der Waals surface area contributed by atoms with E-state index in [0.717, 1.165) is 5.69 Å². The molecule has 0 aliphatic heterocycles. The molecule has 0 spiro atoms. The number of benzene rings is 2. The smallest absolute Gasteiger partial charge is 0.276 e. The van der Waals surface area contributed by atoms with Crippen LogP contribution in [0.3, 0.4) is 0 Å². The molecule has 0 bridgehead atoms. The summed E-state index contributed by atoms with van der Waals surface area (Å²) in [4.78, 5) is 12.1. The highest BCUT2D eigenvalue weighted by Gasteiger charge is 2.08. The molecule has 1 aromatic heterocycles. The van der Waals surface area contributed by atoms with E-state index < -0.39 is 0 Å². The van der Waals surface area contributed by atoms with E-state index in [-0.39, 0.29) is 11.6 Å². The third-order valence-electron chi connectivity index (χ3n) is 3.03. The standard InChI is InChI=1S/C17H13ClN4O/c18-12-5-4-8-14(11-12)19-16-10-9-15(21-22-16)17(23)20-13-6-2-1-3-7-13/h1-11H,(H,19,22)(H,20,23). The molecule has 0 aliphatic rings. The quantitative estimate of drug-likeness (QED) is 0.757. The molecule has 1 amide bonds. The maximum absolute atomic E-state index is 12.1. The molecule has 23 heavy (non-hydrogen) atoms. The molecule has 0 saturated heterocycles. The minimum absolute atomic E-state index is 0.241. The van der Waals surface area contributed by atoms with E-state index in [9.17, 15) is 4.79 Å². The summed E-state index contributed by atoms with van der Waals surface area (Å²) < 4.78 is 0. The van der Waals surface area contributed by atoms with Crippen molar-refractivity contribution in [3.8, 4) is 0 Å². The van der Waals surface area contributed by atoms with Gasteiger partial charge in [-0.2, -0.15) is 0 Å². The molecule has 6 heteroatoms. The Bertz CT molecular complexity index is 806. The van der Waals surface area contributed by atoms with Gasteiger partial charge in [0, 0.05) is 16.4 Å². The van der Waals surface area contributed by atoms with Gasteiger partial charge in [0.05, 0.1) is 0 Å². The number of carbonyl (C=O) groups excluding carboxylic acids is 1. The molecule has 1 heterocycles. The molecule has 0 saturated carbocycles. The summed E-state index contributed by atoms with van der Waals surface area (Å²) >= 11 is 5.93. The predicted octanol–water partition coefficient (Wildman–Crippen LogP) is 4.13. The topological polar surface area (TPSA) is 66.9 Å². The first-order valence-corrected chi connectivity index (χ1v) is 7.31. The summed E-state index contributed by atoms with van der Waals surface area (Å²) in [7, 11) is 0. The highest BCUT2D eigenvalue weighted by molar-refractivity contribution is 6.30. The lowest BCUT2D eigenvalue weighted by Crippen LogP contribution is -2.14. The summed E-state index contributed by atoms with van der Waals surface area (Å²) in [5, 5.41) is 14.4. The Morgan fingerprint density at radius 1 is 0.870 bits per heavy atom. The summed E-state index contributed by atoms with van der Waals surface area (Å²) in [6.07, 6.45) is 0. The fraction of sp³-hybridized carbons (Fsp3) is 0. The minimum Gasteiger partial charge on any atom is -0.339 e. The Morgan fingerprint density at radius 3 is 2.35 bits per heavy atom. The van der Waals surface area contributed by atoms with E-state index in [1.807, 2.05) is 30.3 Å². The number of hydrogen-bond donors (Lipinski definition) is 2. The van der Waals surface area contributed by atoms with Crippen LogP contribution in [0.4, 0.5) is 17.2 Å². The van der Waals surface area contributed by atoms with Gasteiger partial charge in [-0.15, -0.1) is 10.2 Å². The number of nitrogens with one attached hydrogen (secondary N) is 2. The molecule has 5 nitrogen and oxygen atoms in total. The van der Waals surface area contributed by atoms with Gasteiger partial charge in [0.15, 0.2) is 11.5 Å². The second-order valence-electron chi connectivity index (χ2n) is 4.76. The summed E-state index contributed by atoms with van der Waals surface area (Å²) in [6, 6.07) is 19.7. The molecule has 3 rings (SSSR count). The number of carbonyl (C=O) groups is 1. The molecular formula is C17H13ClN4O. The Kier molecular flexibility index (Phi) is 4.49. The van der Waals surface area contributed by atoms with Crippen LogP contribution in [0.5, 0.6) is 0 Å². The molecule has 0 fully saturated rings. The molecule has 2 N–H and O–H groups in total. The number of rotatable bonds is 4. The first kappa shape index (κ1) is 15.0. The molecule has 0 unspecified atom stereocenters. The lowest BCUT2D eigenvalue weighted by Gasteiger charge is -2.06. The number of aromatic nitrogens is 2. The average Bonchev–Trinajstić information content (AvgIpc) is 2.56. The van der Waals surface area contributed by atoms with Gasteiger partial charge in [-0.05, 0) is 42.5 Å². The second-order valence-corrected chi connectivity index (χ2v) is 5.20. The van der Waals surface area contributed by atoms with E-state index in [4.69, 9.17) is 11.6 Å². The van der Waals surface area contributed by atoms with Gasteiger partial charge in [-0.3, -0.25) is 4.79 Å². The van der Waals surface area contributed by atoms with Gasteiger partial charge in [0.1, 0.15) is 0 Å². The second kappa shape index (κ2) is 6.89. The van der Waals surface area contributed by atoms with E-state index in [2.05, 4.69) is 20.8 Å². The monoisotopic (exact) mass is 324 g/mol. The van der Waals surface area contributed by atoms with Gasteiger partial charge >= 0.3 is 0 Å². The molecular weight excluding hydrogens is 312 g/mol. The molecule has 0 atom stereocenters. The van der Waals surface area contributed by atoms with Crippen molar-refractivity contribution in [2.45, 2.75) is 0 Å². The van der Waals surface area contributed by atoms with Crippen molar-refractivity contribution < 1.29 is 4.79 Å². The summed E-state index contributed by atoms with van der Waals surface area (Å²) in [5.74, 6) is 0.224. The molecule has 0 radical (unpaired) electrons. The highest BCUT2D eigenvalue weighted by Crippen LogP contribution is 2.18. The fourth-order valence-electron chi connectivity index (χ4n) is 1.95. The molecule has 3 aromatic rings. The number of hydrogen-bond acceptors (Lipinski definition) is 4. The van der Waals surface area contributed by atoms with Crippen LogP contribution in [0.15, 0.2) is 66.7 Å². The molecule has 2 aromatic carbocycles. The maximum atomic E-state index is 12.1. The lowest BCUT2D eigenvalue weighted by molar-refractivity contribution is 0.102. The zero-order valence-electron chi connectivity index (χ0n) is 12.0. The Labute approximate surface area is 138 Å². The number of para-hydroxylation sites is 1. The van der Waals surface area contributed by atoms with Gasteiger partial charge in [-0.25, -0.2) is 0 Å². The molecule has 0 aliphatic carbocycles. The average molecular weight is 325 g/mol.